The van der Waals surface area contributed by atoms with Crippen LogP contribution in [0.25, 0.3) is 117 Å². The van der Waals surface area contributed by atoms with E-state index in [-0.39, 0.29) is 22.8 Å². The second-order valence-electron chi connectivity index (χ2n) is 27.2. The molecule has 2 aliphatic rings. The van der Waals surface area contributed by atoms with E-state index in [0.29, 0.717) is 0 Å². The van der Waals surface area contributed by atoms with Crippen molar-refractivity contribution in [3.63, 3.8) is 0 Å². The first-order chi connectivity index (χ1) is 43.8. The van der Waals surface area contributed by atoms with Gasteiger partial charge in [-0.05, 0) is 199 Å². The van der Waals surface area contributed by atoms with Gasteiger partial charge >= 0.3 is 0 Å². The molecule has 0 saturated heterocycles. The molecule has 3 aromatic heterocycles. The van der Waals surface area contributed by atoms with Crippen molar-refractivity contribution in [1.29, 1.82) is 0 Å². The Morgan fingerprint density at radius 2 is 0.900 bits per heavy atom. The molecule has 2 atom stereocenters. The van der Waals surface area contributed by atoms with Gasteiger partial charge in [-0.3, -0.25) is 8.97 Å². The molecule has 0 bridgehead atoms. The van der Waals surface area contributed by atoms with Gasteiger partial charge in [-0.25, -0.2) is 4.98 Å². The number of benzene rings is 12. The fourth-order valence-corrected chi connectivity index (χ4v) is 15.3. The molecule has 434 valence electrons. The van der Waals surface area contributed by atoms with Crippen molar-refractivity contribution in [3.8, 4) is 67.0 Å². The van der Waals surface area contributed by atoms with Gasteiger partial charge in [-0.15, -0.1) is 0 Å². The molecule has 0 spiro atoms. The summed E-state index contributed by atoms with van der Waals surface area (Å²) in [7, 11) is 0. The first-order valence-electron chi connectivity index (χ1n) is 31.9. The summed E-state index contributed by atoms with van der Waals surface area (Å²) >= 11 is 0. The van der Waals surface area contributed by atoms with Gasteiger partial charge in [0.15, 0.2) is 0 Å². The Hall–Kier alpha value is -10.5. The van der Waals surface area contributed by atoms with Gasteiger partial charge in [0.1, 0.15) is 0 Å². The van der Waals surface area contributed by atoms with Crippen molar-refractivity contribution < 1.29 is 0 Å². The van der Waals surface area contributed by atoms with E-state index in [4.69, 9.17) is 4.98 Å². The standard InChI is InChI=1S/C85H69N5/c1-53-80(56-27-17-10-18-28-56)67(59-36-41-75-71(46-59)81-66-45-57(54-23-13-8-14-24-54)33-34-60(66)49-79(81)87(75)64-29-19-11-20-30-64)52-68(82(53)89-73-43-38-62(84(2,3)4)50-69(73)70-51-63(85(5,6)7)39-44-74(70)89)61-37-42-76-78(48-61)90-77-47-58(55-25-15-9-16-26-55)35-40-72(77)86-83(90)88(76)65-31-21-12-22-32-65/h8-48,50-52,79,81H,49H2,1-7H3. The normalized spacial score (nSPS) is 14.8. The number of para-hydroxylation sites is 2. The quantitative estimate of drug-likeness (QED) is 0.152. The summed E-state index contributed by atoms with van der Waals surface area (Å²) in [4.78, 5) is 8.12. The van der Waals surface area contributed by atoms with Crippen LogP contribution in [0.2, 0.25) is 0 Å². The van der Waals surface area contributed by atoms with E-state index in [0.717, 1.165) is 56.6 Å². The fourth-order valence-electron chi connectivity index (χ4n) is 15.3. The SMILES string of the molecule is Cc1c(-c2ccccc2)c(-c2ccc3c(c2)C2c4cc(-c5ccccc5)ccc4CC2N3c2ccccc2)cc(-c2ccc3c(c2)n2c4cc(-c5ccccc5)ccc4nc2n3-c2ccccc2)c1-n1c2ccc(C(C)(C)C)cc2c2cc(C(C)(C)C)ccc21. The monoisotopic (exact) mass is 1160 g/mol. The molecule has 12 aromatic carbocycles. The van der Waals surface area contributed by atoms with Crippen molar-refractivity contribution in [3.05, 3.63) is 300 Å². The first kappa shape index (κ1) is 53.7. The summed E-state index contributed by atoms with van der Waals surface area (Å²) in [6.45, 7) is 16.4. The van der Waals surface area contributed by atoms with Crippen LogP contribution in [0, 0.1) is 6.92 Å². The summed E-state index contributed by atoms with van der Waals surface area (Å²) in [5.74, 6) is 1.04. The fraction of sp³-hybridized carbons (Fsp3) is 0.141. The highest BCUT2D eigenvalue weighted by atomic mass is 15.2. The lowest BCUT2D eigenvalue weighted by atomic mass is 9.84. The first-order valence-corrected chi connectivity index (χ1v) is 31.9. The van der Waals surface area contributed by atoms with E-state index in [1.54, 1.807) is 0 Å². The minimum Gasteiger partial charge on any atom is -0.337 e. The Labute approximate surface area is 526 Å². The minimum atomic E-state index is -0.0531. The number of nitrogens with zero attached hydrogens (tertiary/aromatic N) is 5. The van der Waals surface area contributed by atoms with Crippen molar-refractivity contribution in [2.45, 2.75) is 77.7 Å². The minimum absolute atomic E-state index is 0.0531. The van der Waals surface area contributed by atoms with E-state index < -0.39 is 0 Å². The van der Waals surface area contributed by atoms with E-state index >= 15 is 0 Å². The second kappa shape index (κ2) is 20.3. The molecule has 17 rings (SSSR count). The lowest BCUT2D eigenvalue weighted by Gasteiger charge is -2.27. The highest BCUT2D eigenvalue weighted by Gasteiger charge is 2.45. The van der Waals surface area contributed by atoms with Crippen LogP contribution < -0.4 is 4.90 Å². The maximum Gasteiger partial charge on any atom is 0.220 e. The number of anilines is 2. The summed E-state index contributed by atoms with van der Waals surface area (Å²) in [5, 5.41) is 2.53. The largest absolute Gasteiger partial charge is 0.337 e. The zero-order valence-electron chi connectivity index (χ0n) is 52.0. The topological polar surface area (TPSA) is 30.4 Å². The summed E-state index contributed by atoms with van der Waals surface area (Å²) < 4.78 is 7.35. The van der Waals surface area contributed by atoms with Crippen LogP contribution in [-0.4, -0.2) is 24.6 Å². The number of fused-ring (bicyclic) bond motifs is 13. The van der Waals surface area contributed by atoms with Crippen molar-refractivity contribution >= 4 is 61.0 Å². The summed E-state index contributed by atoms with van der Waals surface area (Å²) in [6, 6.07) is 100. The average Bonchev–Trinajstić information content (AvgIpc) is 1.55. The van der Waals surface area contributed by atoms with Crippen molar-refractivity contribution in [2.24, 2.45) is 0 Å². The van der Waals surface area contributed by atoms with Crippen LogP contribution in [-0.2, 0) is 17.3 Å². The van der Waals surface area contributed by atoms with Crippen LogP contribution in [0.15, 0.2) is 267 Å². The molecule has 4 heterocycles. The highest BCUT2D eigenvalue weighted by molar-refractivity contribution is 6.11. The predicted molar refractivity (Wildman–Crippen MR) is 378 cm³/mol. The Morgan fingerprint density at radius 1 is 0.389 bits per heavy atom. The van der Waals surface area contributed by atoms with Crippen LogP contribution in [0.5, 0.6) is 0 Å². The lowest BCUT2D eigenvalue weighted by Crippen LogP contribution is -2.28. The molecule has 5 heteroatoms. The molecule has 0 N–H and O–H groups in total. The predicted octanol–water partition coefficient (Wildman–Crippen LogP) is 22.0. The molecule has 5 nitrogen and oxygen atoms in total. The van der Waals surface area contributed by atoms with Gasteiger partial charge in [0.2, 0.25) is 5.78 Å². The third-order valence-electron chi connectivity index (χ3n) is 19.8. The van der Waals surface area contributed by atoms with Crippen LogP contribution in [0.1, 0.15) is 80.8 Å². The summed E-state index contributed by atoms with van der Waals surface area (Å²) in [5.41, 5.74) is 31.2. The number of hydrogen-bond acceptors (Lipinski definition) is 2. The van der Waals surface area contributed by atoms with Gasteiger partial charge in [0, 0.05) is 45.4 Å². The molecular formula is C85H69N5. The maximum absolute atomic E-state index is 5.48. The van der Waals surface area contributed by atoms with Crippen LogP contribution in [0.4, 0.5) is 11.4 Å². The number of imidazole rings is 2. The third-order valence-corrected chi connectivity index (χ3v) is 19.8. The average molecular weight is 1160 g/mol. The summed E-state index contributed by atoms with van der Waals surface area (Å²) in [6.07, 6.45) is 0.968. The van der Waals surface area contributed by atoms with E-state index in [1.165, 1.54) is 111 Å². The molecule has 0 saturated carbocycles. The van der Waals surface area contributed by atoms with Gasteiger partial charge in [0.25, 0.3) is 0 Å². The number of aromatic nitrogens is 4. The van der Waals surface area contributed by atoms with E-state index in [1.807, 2.05) is 0 Å². The lowest BCUT2D eigenvalue weighted by molar-refractivity contribution is 0.590. The second-order valence-corrected chi connectivity index (χ2v) is 27.2. The zero-order chi connectivity index (χ0) is 60.7. The number of rotatable bonds is 8. The molecule has 1 aliphatic carbocycles. The Kier molecular flexibility index (Phi) is 12.1. The maximum atomic E-state index is 5.48. The number of hydrogen-bond donors (Lipinski definition) is 0. The smallest absolute Gasteiger partial charge is 0.220 e. The Morgan fingerprint density at radius 3 is 1.52 bits per heavy atom. The van der Waals surface area contributed by atoms with Crippen LogP contribution in [0.3, 0.4) is 0 Å². The molecule has 0 fully saturated rings. The molecule has 0 amide bonds. The Balaban J connectivity index is 0.977. The van der Waals surface area contributed by atoms with Crippen molar-refractivity contribution in [2.75, 3.05) is 4.90 Å². The van der Waals surface area contributed by atoms with Crippen molar-refractivity contribution in [1.82, 2.24) is 18.5 Å². The van der Waals surface area contributed by atoms with E-state index in [9.17, 15) is 0 Å². The Bertz CT molecular complexity index is 5280. The van der Waals surface area contributed by atoms with Gasteiger partial charge in [-0.1, -0.05) is 217 Å². The van der Waals surface area contributed by atoms with Gasteiger partial charge in [-0.2, -0.15) is 0 Å². The van der Waals surface area contributed by atoms with Crippen LogP contribution >= 0.6 is 0 Å². The van der Waals surface area contributed by atoms with Gasteiger partial charge < -0.3 is 9.47 Å². The molecule has 90 heavy (non-hydrogen) atoms. The molecule has 1 aliphatic heterocycles. The zero-order valence-corrected chi connectivity index (χ0v) is 52.0. The van der Waals surface area contributed by atoms with E-state index in [2.05, 4.69) is 334 Å². The highest BCUT2D eigenvalue weighted by Crippen LogP contribution is 2.56. The molecule has 2 unspecified atom stereocenters. The third kappa shape index (κ3) is 8.47. The molecule has 15 aromatic rings. The molecule has 0 radical (unpaired) electrons. The molecular weight excluding hydrogens is 1090 g/mol. The van der Waals surface area contributed by atoms with Gasteiger partial charge in [0.05, 0.1) is 38.8 Å².